The number of nitrogens with zero attached hydrogens (tertiary/aromatic N) is 2. The molecule has 0 saturated heterocycles. The molecule has 2 amide bonds. The summed E-state index contributed by atoms with van der Waals surface area (Å²) in [6.45, 7) is 5.89. The zero-order valence-electron chi connectivity index (χ0n) is 15.2. The second-order valence-corrected chi connectivity index (χ2v) is 6.18. The number of para-hydroxylation sites is 1. The molecule has 134 valence electrons. The number of aromatic nitrogens is 3. The first-order chi connectivity index (χ1) is 12.6. The zero-order chi connectivity index (χ0) is 18.5. The molecule has 0 unspecified atom stereocenters. The molecule has 0 aliphatic rings. The van der Waals surface area contributed by atoms with Gasteiger partial charge in [0, 0.05) is 5.69 Å². The largest absolute Gasteiger partial charge is 0.324 e. The molecule has 3 rings (SSSR count). The van der Waals surface area contributed by atoms with Crippen LogP contribution < -0.4 is 10.6 Å². The molecule has 3 N–H and O–H groups in total. The normalized spacial score (nSPS) is 11.8. The van der Waals surface area contributed by atoms with Crippen molar-refractivity contribution in [2.45, 2.75) is 33.2 Å². The standard InChI is InChI=1S/C20H23N5O/c1-4-15-12-8-9-13(2)17(15)22-20(26)23-18(16-10-6-5-7-11-16)19-21-14(3)24-25-19/h5-12,18H,4H2,1-3H3,(H,21,24,25)(H2,22,23,26)/t18-/m0/s1. The van der Waals surface area contributed by atoms with Crippen molar-refractivity contribution in [2.24, 2.45) is 0 Å². The number of urea groups is 1. The van der Waals surface area contributed by atoms with Crippen LogP contribution in [0.1, 0.15) is 41.3 Å². The van der Waals surface area contributed by atoms with Crippen LogP contribution >= 0.6 is 0 Å². The van der Waals surface area contributed by atoms with Gasteiger partial charge in [-0.15, -0.1) is 0 Å². The summed E-state index contributed by atoms with van der Waals surface area (Å²) in [7, 11) is 0. The summed E-state index contributed by atoms with van der Waals surface area (Å²) in [6, 6.07) is 15.0. The van der Waals surface area contributed by atoms with Gasteiger partial charge in [0.2, 0.25) is 0 Å². The van der Waals surface area contributed by atoms with Crippen molar-refractivity contribution in [1.29, 1.82) is 0 Å². The Morgan fingerprint density at radius 1 is 1.12 bits per heavy atom. The number of hydrogen-bond acceptors (Lipinski definition) is 3. The molecule has 0 radical (unpaired) electrons. The quantitative estimate of drug-likeness (QED) is 0.653. The predicted molar refractivity (Wildman–Crippen MR) is 102 cm³/mol. The van der Waals surface area contributed by atoms with Crippen molar-refractivity contribution in [3.8, 4) is 0 Å². The minimum absolute atomic E-state index is 0.287. The van der Waals surface area contributed by atoms with Gasteiger partial charge >= 0.3 is 6.03 Å². The number of benzene rings is 2. The van der Waals surface area contributed by atoms with Gasteiger partial charge in [-0.3, -0.25) is 5.10 Å². The second-order valence-electron chi connectivity index (χ2n) is 6.18. The van der Waals surface area contributed by atoms with E-state index in [9.17, 15) is 4.79 Å². The summed E-state index contributed by atoms with van der Waals surface area (Å²) in [4.78, 5) is 17.1. The van der Waals surface area contributed by atoms with E-state index in [1.807, 2.05) is 62.4 Å². The number of aryl methyl sites for hydroxylation is 3. The second kappa shape index (κ2) is 7.82. The van der Waals surface area contributed by atoms with Crippen LogP contribution in [-0.4, -0.2) is 21.2 Å². The number of aromatic amines is 1. The maximum absolute atomic E-state index is 12.7. The van der Waals surface area contributed by atoms with E-state index >= 15 is 0 Å². The van der Waals surface area contributed by atoms with Gasteiger partial charge in [0.05, 0.1) is 0 Å². The van der Waals surface area contributed by atoms with Gasteiger partial charge in [-0.1, -0.05) is 55.5 Å². The minimum Gasteiger partial charge on any atom is -0.324 e. The van der Waals surface area contributed by atoms with Crippen LogP contribution in [0.15, 0.2) is 48.5 Å². The molecule has 0 fully saturated rings. The Kier molecular flexibility index (Phi) is 5.31. The van der Waals surface area contributed by atoms with E-state index in [1.54, 1.807) is 0 Å². The first-order valence-corrected chi connectivity index (χ1v) is 8.68. The van der Waals surface area contributed by atoms with E-state index in [0.717, 1.165) is 28.8 Å². The predicted octanol–water partition coefficient (Wildman–Crippen LogP) is 3.90. The molecule has 26 heavy (non-hydrogen) atoms. The van der Waals surface area contributed by atoms with Gasteiger partial charge in [-0.2, -0.15) is 5.10 Å². The number of rotatable bonds is 5. The summed E-state index contributed by atoms with van der Waals surface area (Å²) in [5, 5.41) is 13.0. The monoisotopic (exact) mass is 349 g/mol. The van der Waals surface area contributed by atoms with Gasteiger partial charge < -0.3 is 10.6 Å². The summed E-state index contributed by atoms with van der Waals surface area (Å²) in [5.41, 5.74) is 3.90. The Labute approximate surface area is 153 Å². The van der Waals surface area contributed by atoms with Crippen LogP contribution in [0.25, 0.3) is 0 Å². The first-order valence-electron chi connectivity index (χ1n) is 8.68. The van der Waals surface area contributed by atoms with E-state index in [1.165, 1.54) is 0 Å². The third kappa shape index (κ3) is 3.91. The average molecular weight is 349 g/mol. The van der Waals surface area contributed by atoms with Gasteiger partial charge in [0.15, 0.2) is 5.82 Å². The topological polar surface area (TPSA) is 82.7 Å². The number of carbonyl (C=O) groups excluding carboxylic acids is 1. The Hall–Kier alpha value is -3.15. The van der Waals surface area contributed by atoms with E-state index in [-0.39, 0.29) is 6.03 Å². The maximum atomic E-state index is 12.7. The molecule has 6 heteroatoms. The minimum atomic E-state index is -0.435. The Bertz CT molecular complexity index is 888. The summed E-state index contributed by atoms with van der Waals surface area (Å²) >= 11 is 0. The van der Waals surface area contributed by atoms with Gasteiger partial charge in [-0.25, -0.2) is 9.78 Å². The summed E-state index contributed by atoms with van der Waals surface area (Å²) in [5.74, 6) is 1.24. The maximum Gasteiger partial charge on any atom is 0.320 e. The molecule has 0 bridgehead atoms. The van der Waals surface area contributed by atoms with E-state index in [4.69, 9.17) is 0 Å². The highest BCUT2D eigenvalue weighted by molar-refractivity contribution is 5.91. The molecule has 2 aromatic carbocycles. The lowest BCUT2D eigenvalue weighted by Crippen LogP contribution is -2.34. The molecule has 3 aromatic rings. The fourth-order valence-electron chi connectivity index (χ4n) is 2.91. The Balaban J connectivity index is 1.85. The van der Waals surface area contributed by atoms with Crippen molar-refractivity contribution < 1.29 is 4.79 Å². The third-order valence-electron chi connectivity index (χ3n) is 4.26. The molecule has 0 saturated carbocycles. The number of anilines is 1. The molecule has 1 atom stereocenters. The lowest BCUT2D eigenvalue weighted by atomic mass is 10.1. The lowest BCUT2D eigenvalue weighted by molar-refractivity contribution is 0.249. The number of hydrogen-bond donors (Lipinski definition) is 3. The molecule has 0 aliphatic carbocycles. The number of amides is 2. The fraction of sp³-hybridized carbons (Fsp3) is 0.250. The summed E-state index contributed by atoms with van der Waals surface area (Å²) < 4.78 is 0. The van der Waals surface area contributed by atoms with Gasteiger partial charge in [0.1, 0.15) is 11.9 Å². The van der Waals surface area contributed by atoms with Crippen LogP contribution in [0.2, 0.25) is 0 Å². The van der Waals surface area contributed by atoms with Crippen molar-refractivity contribution >= 4 is 11.7 Å². The Morgan fingerprint density at radius 3 is 2.54 bits per heavy atom. The summed E-state index contributed by atoms with van der Waals surface area (Å²) in [6.07, 6.45) is 0.847. The highest BCUT2D eigenvalue weighted by atomic mass is 16.2. The van der Waals surface area contributed by atoms with Crippen molar-refractivity contribution in [1.82, 2.24) is 20.5 Å². The Morgan fingerprint density at radius 2 is 1.88 bits per heavy atom. The van der Waals surface area contributed by atoms with Crippen LogP contribution in [-0.2, 0) is 6.42 Å². The van der Waals surface area contributed by atoms with Crippen LogP contribution in [0, 0.1) is 13.8 Å². The number of H-pyrrole nitrogens is 1. The highest BCUT2D eigenvalue weighted by Crippen LogP contribution is 2.22. The molecule has 6 nitrogen and oxygen atoms in total. The van der Waals surface area contributed by atoms with Crippen molar-refractivity contribution in [3.05, 3.63) is 76.9 Å². The molecule has 0 aliphatic heterocycles. The molecule has 1 aromatic heterocycles. The number of carbonyl (C=O) groups is 1. The molecule has 0 spiro atoms. The first kappa shape index (κ1) is 17.7. The lowest BCUT2D eigenvalue weighted by Gasteiger charge is -2.19. The number of nitrogens with one attached hydrogen (secondary N) is 3. The van der Waals surface area contributed by atoms with Gasteiger partial charge in [-0.05, 0) is 37.0 Å². The van der Waals surface area contributed by atoms with E-state index in [0.29, 0.717) is 11.6 Å². The van der Waals surface area contributed by atoms with Crippen LogP contribution in [0.3, 0.4) is 0 Å². The molecular weight excluding hydrogens is 326 g/mol. The van der Waals surface area contributed by atoms with Crippen LogP contribution in [0.4, 0.5) is 10.5 Å². The SMILES string of the molecule is CCc1cccc(C)c1NC(=O)N[C@@H](c1ccccc1)c1n[nH]c(C)n1. The van der Waals surface area contributed by atoms with E-state index < -0.39 is 6.04 Å². The molecule has 1 heterocycles. The van der Waals surface area contributed by atoms with Crippen molar-refractivity contribution in [2.75, 3.05) is 5.32 Å². The molecular formula is C20H23N5O. The van der Waals surface area contributed by atoms with Crippen LogP contribution in [0.5, 0.6) is 0 Å². The average Bonchev–Trinajstić information content (AvgIpc) is 3.08. The van der Waals surface area contributed by atoms with Crippen molar-refractivity contribution in [3.63, 3.8) is 0 Å². The van der Waals surface area contributed by atoms with E-state index in [2.05, 4.69) is 32.7 Å². The smallest absolute Gasteiger partial charge is 0.320 e. The fourth-order valence-corrected chi connectivity index (χ4v) is 2.91. The highest BCUT2D eigenvalue weighted by Gasteiger charge is 2.21. The zero-order valence-corrected chi connectivity index (χ0v) is 15.2. The third-order valence-corrected chi connectivity index (χ3v) is 4.26. The van der Waals surface area contributed by atoms with Gasteiger partial charge in [0.25, 0.3) is 0 Å².